The number of carbonyl (C=O) groups is 1. The fraction of sp³-hybridized carbons (Fsp3) is 0.350. The van der Waals surface area contributed by atoms with Gasteiger partial charge in [-0.15, -0.1) is 0 Å². The first-order chi connectivity index (χ1) is 12.1. The lowest BCUT2D eigenvalue weighted by Gasteiger charge is -2.27. The smallest absolute Gasteiger partial charge is 0.140 e. The molecule has 0 spiro atoms. The highest BCUT2D eigenvalue weighted by molar-refractivity contribution is 7.79. The van der Waals surface area contributed by atoms with Crippen molar-refractivity contribution in [3.63, 3.8) is 0 Å². The molecule has 0 bridgehead atoms. The van der Waals surface area contributed by atoms with Crippen molar-refractivity contribution in [2.24, 2.45) is 5.41 Å². The van der Waals surface area contributed by atoms with Crippen LogP contribution in [0.5, 0.6) is 0 Å². The summed E-state index contributed by atoms with van der Waals surface area (Å²) >= 11 is 10.1. The van der Waals surface area contributed by atoms with E-state index in [1.807, 2.05) is 37.3 Å². The Bertz CT molecular complexity index is 816. The van der Waals surface area contributed by atoms with Crippen LogP contribution in [0, 0.1) is 12.3 Å². The zero-order valence-corrected chi connectivity index (χ0v) is 17.3. The molecule has 2 atom stereocenters. The number of rotatable bonds is 7. The molecule has 0 aliphatic rings. The van der Waals surface area contributed by atoms with E-state index in [9.17, 15) is 13.6 Å². The van der Waals surface area contributed by atoms with Crippen molar-refractivity contribution < 1.29 is 13.6 Å². The lowest BCUT2D eigenvalue weighted by atomic mass is 9.80. The van der Waals surface area contributed by atoms with E-state index in [4.69, 9.17) is 23.2 Å². The summed E-state index contributed by atoms with van der Waals surface area (Å²) in [6.45, 7) is 5.30. The minimum absolute atomic E-state index is 0.127. The molecule has 0 saturated carbocycles. The van der Waals surface area contributed by atoms with Gasteiger partial charge in [0, 0.05) is 33.6 Å². The Labute approximate surface area is 167 Å². The summed E-state index contributed by atoms with van der Waals surface area (Å²) in [4.78, 5) is 12.9. The molecular weight excluding hydrogens is 391 g/mol. The lowest BCUT2D eigenvalue weighted by Crippen LogP contribution is -2.31. The van der Waals surface area contributed by atoms with Gasteiger partial charge in [-0.05, 0) is 30.2 Å². The van der Waals surface area contributed by atoms with Crippen LogP contribution in [0.1, 0.15) is 42.9 Å². The maximum Gasteiger partial charge on any atom is 0.140 e. The maximum atomic E-state index is 12.9. The lowest BCUT2D eigenvalue weighted by molar-refractivity contribution is -0.126. The Morgan fingerprint density at radius 2 is 1.77 bits per heavy atom. The molecule has 0 saturated heterocycles. The first-order valence-electron chi connectivity index (χ1n) is 8.21. The van der Waals surface area contributed by atoms with Crippen LogP contribution in [0.2, 0.25) is 10.0 Å². The van der Waals surface area contributed by atoms with Gasteiger partial charge in [-0.2, -0.15) is 0 Å². The summed E-state index contributed by atoms with van der Waals surface area (Å²) in [6, 6.07) is 13.1. The number of hydrogen-bond donors (Lipinski definition) is 0. The Hall–Kier alpha value is -1.20. The van der Waals surface area contributed by atoms with Crippen molar-refractivity contribution in [2.75, 3.05) is 5.75 Å². The molecular formula is C20H21Cl2O3S-. The molecule has 2 unspecified atom stereocenters. The van der Waals surface area contributed by atoms with Crippen LogP contribution in [0.25, 0.3) is 0 Å². The SMILES string of the molecule is Cc1ccc(C(CC(=O)C(C)(C)CS(=O)[O-])c2ccc(Cl)cc2Cl)cc1. The van der Waals surface area contributed by atoms with Crippen LogP contribution >= 0.6 is 23.2 Å². The predicted molar refractivity (Wildman–Crippen MR) is 107 cm³/mol. The maximum absolute atomic E-state index is 12.9. The van der Waals surface area contributed by atoms with Crippen LogP contribution in [0.3, 0.4) is 0 Å². The summed E-state index contributed by atoms with van der Waals surface area (Å²) in [6.07, 6.45) is 0.161. The molecule has 0 N–H and O–H groups in total. The normalized spacial score (nSPS) is 14.1. The van der Waals surface area contributed by atoms with E-state index in [0.29, 0.717) is 10.0 Å². The van der Waals surface area contributed by atoms with Gasteiger partial charge in [0.2, 0.25) is 0 Å². The molecule has 26 heavy (non-hydrogen) atoms. The molecule has 0 amide bonds. The highest BCUT2D eigenvalue weighted by atomic mass is 35.5. The van der Waals surface area contributed by atoms with Crippen LogP contribution in [-0.2, 0) is 15.9 Å². The van der Waals surface area contributed by atoms with Gasteiger partial charge in [0.1, 0.15) is 5.78 Å². The monoisotopic (exact) mass is 411 g/mol. The first kappa shape index (κ1) is 21.1. The number of carbonyl (C=O) groups excluding carboxylic acids is 1. The van der Waals surface area contributed by atoms with Crippen molar-refractivity contribution in [3.05, 3.63) is 69.2 Å². The third kappa shape index (κ3) is 5.40. The number of benzene rings is 2. The molecule has 2 aromatic carbocycles. The third-order valence-electron chi connectivity index (χ3n) is 4.44. The topological polar surface area (TPSA) is 57.2 Å². The van der Waals surface area contributed by atoms with Crippen molar-refractivity contribution >= 4 is 40.1 Å². The van der Waals surface area contributed by atoms with Crippen LogP contribution < -0.4 is 0 Å². The Morgan fingerprint density at radius 1 is 1.15 bits per heavy atom. The average molecular weight is 412 g/mol. The zero-order valence-electron chi connectivity index (χ0n) is 14.9. The molecule has 3 nitrogen and oxygen atoms in total. The van der Waals surface area contributed by atoms with E-state index in [0.717, 1.165) is 16.7 Å². The van der Waals surface area contributed by atoms with E-state index in [1.165, 1.54) is 0 Å². The number of Topliss-reactive ketones (excluding diaryl/α,β-unsaturated/α-hetero) is 1. The second kappa shape index (κ2) is 8.66. The van der Waals surface area contributed by atoms with E-state index >= 15 is 0 Å². The van der Waals surface area contributed by atoms with Crippen molar-refractivity contribution in [1.29, 1.82) is 0 Å². The number of aryl methyl sites for hydroxylation is 1. The Morgan fingerprint density at radius 3 is 2.31 bits per heavy atom. The molecule has 6 heteroatoms. The van der Waals surface area contributed by atoms with E-state index in [1.54, 1.807) is 26.0 Å². The molecule has 140 valence electrons. The minimum Gasteiger partial charge on any atom is -0.772 e. The molecule has 0 aliphatic carbocycles. The van der Waals surface area contributed by atoms with Crippen LogP contribution in [0.4, 0.5) is 0 Å². The second-order valence-corrected chi connectivity index (χ2v) is 8.83. The first-order valence-corrected chi connectivity index (χ1v) is 10.2. The Balaban J connectivity index is 2.42. The molecule has 2 aromatic rings. The molecule has 2 rings (SSSR count). The highest BCUT2D eigenvalue weighted by Gasteiger charge is 2.31. The summed E-state index contributed by atoms with van der Waals surface area (Å²) in [5.41, 5.74) is 1.90. The van der Waals surface area contributed by atoms with Crippen molar-refractivity contribution in [2.45, 2.75) is 33.1 Å². The van der Waals surface area contributed by atoms with Gasteiger partial charge >= 0.3 is 0 Å². The standard InChI is InChI=1S/C20H22Cl2O3S/c1-13-4-6-14(7-5-13)17(16-9-8-15(21)10-18(16)22)11-19(23)20(2,3)12-26(24)25/h4-10,17H,11-12H2,1-3H3,(H,24,25)/p-1. The summed E-state index contributed by atoms with van der Waals surface area (Å²) in [5.74, 6) is -0.605. The quantitative estimate of drug-likeness (QED) is 0.580. The zero-order chi connectivity index (χ0) is 19.5. The van der Waals surface area contributed by atoms with Gasteiger partial charge in [0.05, 0.1) is 0 Å². The summed E-state index contributed by atoms with van der Waals surface area (Å²) in [5, 5.41) is 1.01. The van der Waals surface area contributed by atoms with Crippen molar-refractivity contribution in [1.82, 2.24) is 0 Å². The molecule has 0 fully saturated rings. The van der Waals surface area contributed by atoms with E-state index in [2.05, 4.69) is 0 Å². The third-order valence-corrected chi connectivity index (χ3v) is 5.96. The predicted octanol–water partition coefficient (Wildman–Crippen LogP) is 5.30. The fourth-order valence-electron chi connectivity index (χ4n) is 2.83. The largest absolute Gasteiger partial charge is 0.772 e. The van der Waals surface area contributed by atoms with Crippen LogP contribution in [-0.4, -0.2) is 20.3 Å². The van der Waals surface area contributed by atoms with Gasteiger partial charge in [-0.3, -0.25) is 9.00 Å². The molecule has 0 aromatic heterocycles. The van der Waals surface area contributed by atoms with Crippen molar-refractivity contribution in [3.8, 4) is 0 Å². The number of ketones is 1. The minimum atomic E-state index is -2.28. The molecule has 0 aliphatic heterocycles. The van der Waals surface area contributed by atoms with Gasteiger partial charge in [-0.25, -0.2) is 0 Å². The summed E-state index contributed by atoms with van der Waals surface area (Å²) in [7, 11) is 0. The number of hydrogen-bond acceptors (Lipinski definition) is 3. The van der Waals surface area contributed by atoms with Gasteiger partial charge in [-0.1, -0.05) is 84.0 Å². The average Bonchev–Trinajstić information content (AvgIpc) is 2.52. The second-order valence-electron chi connectivity index (χ2n) is 7.09. The Kier molecular flexibility index (Phi) is 7.03. The van der Waals surface area contributed by atoms with E-state index in [-0.39, 0.29) is 23.9 Å². The molecule has 0 radical (unpaired) electrons. The number of halogens is 2. The van der Waals surface area contributed by atoms with Gasteiger partial charge < -0.3 is 4.55 Å². The van der Waals surface area contributed by atoms with Gasteiger partial charge in [0.25, 0.3) is 0 Å². The van der Waals surface area contributed by atoms with Gasteiger partial charge in [0.15, 0.2) is 0 Å². The molecule has 0 heterocycles. The fourth-order valence-corrected chi connectivity index (χ4v) is 4.12. The highest BCUT2D eigenvalue weighted by Crippen LogP contribution is 2.37. The van der Waals surface area contributed by atoms with E-state index < -0.39 is 16.5 Å². The summed E-state index contributed by atoms with van der Waals surface area (Å²) < 4.78 is 22.2. The van der Waals surface area contributed by atoms with Crippen LogP contribution in [0.15, 0.2) is 42.5 Å².